The van der Waals surface area contributed by atoms with Crippen molar-refractivity contribution in [3.63, 3.8) is 0 Å². The third-order valence-electron chi connectivity index (χ3n) is 5.37. The van der Waals surface area contributed by atoms with Gasteiger partial charge < -0.3 is 14.6 Å². The minimum Gasteiger partial charge on any atom is -0.487 e. The molecule has 0 spiro atoms. The fourth-order valence-electron chi connectivity index (χ4n) is 3.54. The van der Waals surface area contributed by atoms with Crippen molar-refractivity contribution in [2.75, 3.05) is 6.54 Å². The second kappa shape index (κ2) is 9.00. The molecule has 2 aromatic heterocycles. The van der Waals surface area contributed by atoms with Crippen LogP contribution in [0.5, 0.6) is 5.75 Å². The number of benzene rings is 1. The Morgan fingerprint density at radius 2 is 2.00 bits per heavy atom. The highest BCUT2D eigenvalue weighted by atomic mass is 19.4. The third kappa shape index (κ3) is 5.08. The lowest BCUT2D eigenvalue weighted by molar-refractivity contribution is -0.137. The van der Waals surface area contributed by atoms with Crippen molar-refractivity contribution < 1.29 is 17.9 Å². The monoisotopic (exact) mass is 441 g/mol. The normalized spacial score (nSPS) is 13.5. The average molecular weight is 441 g/mol. The van der Waals surface area contributed by atoms with Gasteiger partial charge in [0, 0.05) is 25.0 Å². The number of allylic oxidation sites excluding steroid dienone is 1. The first-order valence-corrected chi connectivity index (χ1v) is 10.2. The Bertz CT molecular complexity index is 1180. The minimum absolute atomic E-state index is 0.0442. The summed E-state index contributed by atoms with van der Waals surface area (Å²) in [4.78, 5) is 16.3. The zero-order valence-corrected chi connectivity index (χ0v) is 17.3. The Hall–Kier alpha value is -3.39. The molecule has 166 valence electrons. The van der Waals surface area contributed by atoms with Gasteiger partial charge in [-0.05, 0) is 59.5 Å². The summed E-state index contributed by atoms with van der Waals surface area (Å²) >= 11 is 0. The Morgan fingerprint density at radius 1 is 1.16 bits per heavy atom. The van der Waals surface area contributed by atoms with E-state index in [9.17, 15) is 18.0 Å². The molecule has 0 bridgehead atoms. The van der Waals surface area contributed by atoms with E-state index in [2.05, 4.69) is 29.0 Å². The molecule has 3 aromatic rings. The van der Waals surface area contributed by atoms with Gasteiger partial charge in [0.2, 0.25) is 0 Å². The van der Waals surface area contributed by atoms with E-state index in [1.165, 1.54) is 27.8 Å². The molecule has 0 saturated heterocycles. The number of nitrogens with zero attached hydrogens (tertiary/aromatic N) is 2. The molecule has 5 nitrogen and oxygen atoms in total. The number of pyridine rings is 2. The van der Waals surface area contributed by atoms with Gasteiger partial charge in [0.25, 0.3) is 5.56 Å². The number of fused-ring (bicyclic) bond motifs is 1. The molecule has 1 aliphatic heterocycles. The quantitative estimate of drug-likeness (QED) is 0.623. The van der Waals surface area contributed by atoms with Crippen molar-refractivity contribution in [2.24, 2.45) is 0 Å². The SMILES string of the molecule is C=C(Cn1ccc(OCc2ccc(C(F)(F)F)cn2)cc1=O)c1ccc2c(c1)CNCC2. The first-order valence-electron chi connectivity index (χ1n) is 10.2. The van der Waals surface area contributed by atoms with E-state index in [1.807, 2.05) is 6.07 Å². The minimum atomic E-state index is -4.43. The van der Waals surface area contributed by atoms with Gasteiger partial charge in [0.15, 0.2) is 0 Å². The molecule has 0 radical (unpaired) electrons. The van der Waals surface area contributed by atoms with Crippen molar-refractivity contribution in [2.45, 2.75) is 32.3 Å². The molecule has 0 saturated carbocycles. The van der Waals surface area contributed by atoms with Crippen molar-refractivity contribution in [1.29, 1.82) is 0 Å². The van der Waals surface area contributed by atoms with Crippen LogP contribution in [0.15, 0.2) is 66.2 Å². The maximum atomic E-state index is 12.6. The highest BCUT2D eigenvalue weighted by Crippen LogP contribution is 2.28. The molecule has 1 aliphatic rings. The zero-order chi connectivity index (χ0) is 22.7. The van der Waals surface area contributed by atoms with Crippen LogP contribution in [0.3, 0.4) is 0 Å². The van der Waals surface area contributed by atoms with Crippen LogP contribution in [0.4, 0.5) is 13.2 Å². The Labute approximate surface area is 183 Å². The first-order chi connectivity index (χ1) is 15.3. The van der Waals surface area contributed by atoms with E-state index in [0.717, 1.165) is 42.9 Å². The van der Waals surface area contributed by atoms with Gasteiger partial charge in [-0.2, -0.15) is 13.2 Å². The van der Waals surface area contributed by atoms with Crippen LogP contribution in [-0.2, 0) is 32.3 Å². The lowest BCUT2D eigenvalue weighted by Crippen LogP contribution is -2.23. The Morgan fingerprint density at radius 3 is 2.72 bits per heavy atom. The number of aromatic nitrogens is 2. The van der Waals surface area contributed by atoms with Crippen LogP contribution in [0, 0.1) is 0 Å². The van der Waals surface area contributed by atoms with Crippen LogP contribution >= 0.6 is 0 Å². The van der Waals surface area contributed by atoms with Gasteiger partial charge in [-0.25, -0.2) is 0 Å². The van der Waals surface area contributed by atoms with Gasteiger partial charge in [-0.15, -0.1) is 0 Å². The van der Waals surface area contributed by atoms with Crippen LogP contribution in [0.1, 0.15) is 27.9 Å². The summed E-state index contributed by atoms with van der Waals surface area (Å²) in [7, 11) is 0. The molecule has 1 N–H and O–H groups in total. The van der Waals surface area contributed by atoms with Crippen LogP contribution in [0.2, 0.25) is 0 Å². The van der Waals surface area contributed by atoms with Crippen LogP contribution in [-0.4, -0.2) is 16.1 Å². The van der Waals surface area contributed by atoms with Gasteiger partial charge in [-0.3, -0.25) is 9.78 Å². The molecule has 4 rings (SSSR count). The maximum Gasteiger partial charge on any atom is 0.417 e. The standard InChI is InChI=1S/C24H22F3N3O2/c1-16(18-3-2-17-6-8-28-12-19(17)10-18)14-30-9-7-22(11-23(30)31)32-15-21-5-4-20(13-29-21)24(25,26)27/h2-5,7,9-11,13,28H,1,6,8,12,14-15H2. The molecule has 0 unspecified atom stereocenters. The maximum absolute atomic E-state index is 12.6. The summed E-state index contributed by atoms with van der Waals surface area (Å²) in [5.74, 6) is 0.318. The van der Waals surface area contributed by atoms with Gasteiger partial charge in [0.1, 0.15) is 12.4 Å². The van der Waals surface area contributed by atoms with Crippen LogP contribution in [0.25, 0.3) is 5.57 Å². The number of nitrogens with one attached hydrogen (secondary N) is 1. The first kappa shape index (κ1) is 21.8. The summed E-state index contributed by atoms with van der Waals surface area (Å²) in [6, 6.07) is 11.4. The number of hydrogen-bond donors (Lipinski definition) is 1. The van der Waals surface area contributed by atoms with E-state index < -0.39 is 11.7 Å². The van der Waals surface area contributed by atoms with Crippen molar-refractivity contribution in [3.8, 4) is 5.75 Å². The zero-order valence-electron chi connectivity index (χ0n) is 17.3. The lowest BCUT2D eigenvalue weighted by Gasteiger charge is -2.18. The highest BCUT2D eigenvalue weighted by molar-refractivity contribution is 5.64. The summed E-state index contributed by atoms with van der Waals surface area (Å²) in [5, 5.41) is 3.35. The molecule has 1 aromatic carbocycles. The molecule has 0 atom stereocenters. The number of hydrogen-bond acceptors (Lipinski definition) is 4. The topological polar surface area (TPSA) is 56.2 Å². The number of rotatable bonds is 6. The average Bonchev–Trinajstić information content (AvgIpc) is 2.78. The van der Waals surface area contributed by atoms with Gasteiger partial charge in [0.05, 0.1) is 17.8 Å². The molecule has 32 heavy (non-hydrogen) atoms. The lowest BCUT2D eigenvalue weighted by atomic mass is 9.96. The third-order valence-corrected chi connectivity index (χ3v) is 5.37. The summed E-state index contributed by atoms with van der Waals surface area (Å²) in [5.41, 5.74) is 3.65. The van der Waals surface area contributed by atoms with Crippen molar-refractivity contribution >= 4 is 5.57 Å². The predicted molar refractivity (Wildman–Crippen MR) is 115 cm³/mol. The van der Waals surface area contributed by atoms with E-state index in [4.69, 9.17) is 4.74 Å². The van der Waals surface area contributed by atoms with Gasteiger partial charge in [-0.1, -0.05) is 18.7 Å². The molecule has 0 aliphatic carbocycles. The molecule has 0 fully saturated rings. The molecule has 8 heteroatoms. The largest absolute Gasteiger partial charge is 0.487 e. The Kier molecular flexibility index (Phi) is 6.14. The number of alkyl halides is 3. The smallest absolute Gasteiger partial charge is 0.417 e. The second-order valence-electron chi connectivity index (χ2n) is 7.67. The van der Waals surface area contributed by atoms with E-state index in [1.54, 1.807) is 12.3 Å². The molecular weight excluding hydrogens is 419 g/mol. The number of ether oxygens (including phenoxy) is 1. The fourth-order valence-corrected chi connectivity index (χ4v) is 3.54. The molecule has 3 heterocycles. The van der Waals surface area contributed by atoms with E-state index >= 15 is 0 Å². The van der Waals surface area contributed by atoms with E-state index in [-0.39, 0.29) is 12.2 Å². The van der Waals surface area contributed by atoms with Crippen molar-refractivity contribution in [3.05, 3.63) is 99.7 Å². The van der Waals surface area contributed by atoms with Gasteiger partial charge >= 0.3 is 6.18 Å². The molecule has 0 amide bonds. The second-order valence-corrected chi connectivity index (χ2v) is 7.67. The Balaban J connectivity index is 1.39. The summed E-state index contributed by atoms with van der Waals surface area (Å²) < 4.78 is 44.9. The fraction of sp³-hybridized carbons (Fsp3) is 0.250. The van der Waals surface area contributed by atoms with Crippen molar-refractivity contribution in [1.82, 2.24) is 14.9 Å². The molecular formula is C24H22F3N3O2. The summed E-state index contributed by atoms with van der Waals surface area (Å²) in [6.45, 7) is 6.24. The summed E-state index contributed by atoms with van der Waals surface area (Å²) in [6.07, 6.45) is -1.05. The number of halogens is 3. The highest BCUT2D eigenvalue weighted by Gasteiger charge is 2.30. The van der Waals surface area contributed by atoms with E-state index in [0.29, 0.717) is 18.0 Å². The van der Waals surface area contributed by atoms with Crippen LogP contribution < -0.4 is 15.6 Å². The predicted octanol–water partition coefficient (Wildman–Crippen LogP) is 4.20.